The van der Waals surface area contributed by atoms with Crippen LogP contribution in [0.3, 0.4) is 0 Å². The fourth-order valence-corrected chi connectivity index (χ4v) is 7.36. The molecule has 5 nitrogen and oxygen atoms in total. The van der Waals surface area contributed by atoms with Crippen LogP contribution in [0.5, 0.6) is 11.5 Å². The van der Waals surface area contributed by atoms with Crippen molar-refractivity contribution in [2.45, 2.75) is 103 Å². The van der Waals surface area contributed by atoms with Crippen molar-refractivity contribution in [2.24, 2.45) is 4.99 Å². The number of hydrogen-bond acceptors (Lipinski definition) is 4. The van der Waals surface area contributed by atoms with E-state index < -0.39 is 17.5 Å². The van der Waals surface area contributed by atoms with E-state index in [0.717, 1.165) is 38.8 Å². The molecule has 6 aromatic rings. The van der Waals surface area contributed by atoms with Crippen LogP contribution in [0, 0.1) is 12.1 Å². The quantitative estimate of drug-likeness (QED) is 0.162. The van der Waals surface area contributed by atoms with Crippen LogP contribution in [-0.2, 0) is 48.5 Å². The van der Waals surface area contributed by atoms with Gasteiger partial charge in [0.15, 0.2) is 0 Å². The van der Waals surface area contributed by atoms with Crippen molar-refractivity contribution in [3.8, 4) is 17.3 Å². The number of nitrogens with zero attached hydrogens (tertiary/aromatic N) is 3. The molecule has 2 aromatic heterocycles. The summed E-state index contributed by atoms with van der Waals surface area (Å²) in [4.78, 5) is 9.99. The van der Waals surface area contributed by atoms with E-state index in [1.54, 1.807) is 0 Å². The first-order valence-corrected chi connectivity index (χ1v) is 17.9. The van der Waals surface area contributed by atoms with Crippen LogP contribution in [0.1, 0.15) is 111 Å². The molecule has 0 unspecified atom stereocenters. The Balaban J connectivity index is 0.00000450. The Labute approximate surface area is 325 Å². The molecule has 4 aromatic carbocycles. The minimum absolute atomic E-state index is 0. The summed E-state index contributed by atoms with van der Waals surface area (Å²) >= 11 is 0. The maximum absolute atomic E-state index is 9.16. The van der Waals surface area contributed by atoms with Crippen molar-refractivity contribution in [2.75, 3.05) is 0 Å². The van der Waals surface area contributed by atoms with Gasteiger partial charge in [0, 0.05) is 32.3 Å². The van der Waals surface area contributed by atoms with Crippen LogP contribution < -0.4 is 4.74 Å². The van der Waals surface area contributed by atoms with E-state index in [-0.39, 0.29) is 37.8 Å². The molecule has 1 aliphatic carbocycles. The van der Waals surface area contributed by atoms with Crippen molar-refractivity contribution in [1.29, 1.82) is 0 Å². The minimum atomic E-state index is -1.75. The molecule has 1 aliphatic heterocycles. The monoisotopic (exact) mass is 870 g/mol. The maximum Gasteiger partial charge on any atom is 2.00 e. The van der Waals surface area contributed by atoms with Gasteiger partial charge in [0.05, 0.1) is 0 Å². The zero-order valence-corrected chi connectivity index (χ0v) is 33.9. The van der Waals surface area contributed by atoms with E-state index in [4.69, 9.17) is 22.2 Å². The van der Waals surface area contributed by atoms with E-state index >= 15 is 0 Å². The van der Waals surface area contributed by atoms with Gasteiger partial charge in [-0.2, -0.15) is 6.07 Å². The number of aliphatic imine (C=N–C) groups is 1. The van der Waals surface area contributed by atoms with Crippen molar-refractivity contribution in [1.82, 2.24) is 9.55 Å². The summed E-state index contributed by atoms with van der Waals surface area (Å²) in [5.41, 5.74) is 5.30. The summed E-state index contributed by atoms with van der Waals surface area (Å²) in [6, 6.07) is 33.7. The topological polar surface area (TPSA) is 48.6 Å². The van der Waals surface area contributed by atoms with Crippen LogP contribution in [0.2, 0.25) is 0 Å². The Kier molecular flexibility index (Phi) is 8.04. The van der Waals surface area contributed by atoms with Gasteiger partial charge in [0.25, 0.3) is 0 Å². The summed E-state index contributed by atoms with van der Waals surface area (Å²) in [5, 5.41) is 2.21. The van der Waals surface area contributed by atoms with Crippen LogP contribution in [0.4, 0.5) is 0 Å². The Morgan fingerprint density at radius 1 is 0.846 bits per heavy atom. The zero-order chi connectivity index (χ0) is 37.9. The van der Waals surface area contributed by atoms with Crippen LogP contribution >= 0.6 is 0 Å². The van der Waals surface area contributed by atoms with E-state index in [1.807, 2.05) is 62.5 Å². The first kappa shape index (κ1) is 33.6. The molecule has 0 bridgehead atoms. The standard InChI is InChI=1S/C46H47N3O2.Pt/c1-28(2)30-21-31(42-48-46(10)38-14-12-11-13-29(38)27-45(46,9)51-42)23-35(22-30)50-34-16-17-36-37-24-32(43(3,4)5)15-18-39(37)49(40(36)26-34)41-25-33(19-20-47-41)44(6,7)8;/h11-22,24-25,28H,27H2,1-10H3;/q-2;+2/t45-,46+;/m0./s1/i27D2;. The number of hydrogen-bond donors (Lipinski definition) is 0. The number of aromatic nitrogens is 2. The molecular formula is C46H47N3O2Pt. The Morgan fingerprint density at radius 3 is 2.31 bits per heavy atom. The average Bonchev–Trinajstić information content (AvgIpc) is 3.62. The molecule has 2 aliphatic rings. The second kappa shape index (κ2) is 12.4. The second-order valence-corrected chi connectivity index (χ2v) is 16.8. The van der Waals surface area contributed by atoms with Crippen molar-refractivity contribution < 1.29 is 33.3 Å². The minimum Gasteiger partial charge on any atom is -0.511 e. The normalized spacial score (nSPS) is 21.2. The number of ether oxygens (including phenoxy) is 2. The average molecular weight is 871 g/mol. The number of pyridine rings is 1. The molecule has 268 valence electrons. The van der Waals surface area contributed by atoms with Gasteiger partial charge in [-0.25, -0.2) is 4.98 Å². The largest absolute Gasteiger partial charge is 2.00 e. The molecule has 0 spiro atoms. The summed E-state index contributed by atoms with van der Waals surface area (Å²) in [7, 11) is 0. The number of benzene rings is 4. The zero-order valence-electron chi connectivity index (χ0n) is 33.6. The molecule has 0 saturated heterocycles. The van der Waals surface area contributed by atoms with Gasteiger partial charge in [-0.1, -0.05) is 115 Å². The van der Waals surface area contributed by atoms with Gasteiger partial charge in [0.1, 0.15) is 22.9 Å². The molecule has 0 fully saturated rings. The molecular weight excluding hydrogens is 822 g/mol. The Hall–Kier alpha value is -4.21. The van der Waals surface area contributed by atoms with Crippen LogP contribution in [0.25, 0.3) is 27.6 Å². The molecule has 2 atom stereocenters. The van der Waals surface area contributed by atoms with Gasteiger partial charge in [-0.3, -0.25) is 4.99 Å². The molecule has 0 radical (unpaired) electrons. The van der Waals surface area contributed by atoms with Gasteiger partial charge in [-0.05, 0) is 76.4 Å². The van der Waals surface area contributed by atoms with Crippen molar-refractivity contribution >= 4 is 27.7 Å². The van der Waals surface area contributed by atoms with Crippen LogP contribution in [-0.4, -0.2) is 21.0 Å². The Morgan fingerprint density at radius 2 is 1.58 bits per heavy atom. The molecule has 0 saturated carbocycles. The summed E-state index contributed by atoms with van der Waals surface area (Å²) in [6.45, 7) is 21.4. The van der Waals surface area contributed by atoms with Crippen molar-refractivity contribution in [3.63, 3.8) is 0 Å². The van der Waals surface area contributed by atoms with Gasteiger partial charge >= 0.3 is 21.1 Å². The fourth-order valence-electron chi connectivity index (χ4n) is 7.36. The third-order valence-electron chi connectivity index (χ3n) is 10.7. The second-order valence-electron chi connectivity index (χ2n) is 16.8. The molecule has 6 heteroatoms. The summed E-state index contributed by atoms with van der Waals surface area (Å²) in [5.74, 6) is 2.42. The molecule has 0 amide bonds. The maximum atomic E-state index is 9.16. The van der Waals surface area contributed by atoms with E-state index in [1.165, 1.54) is 11.1 Å². The first-order chi connectivity index (χ1) is 24.8. The number of rotatable bonds is 5. The van der Waals surface area contributed by atoms with E-state index in [9.17, 15) is 0 Å². The van der Waals surface area contributed by atoms with E-state index in [2.05, 4.69) is 108 Å². The molecule has 52 heavy (non-hydrogen) atoms. The fraction of sp³-hybridized carbons (Fsp3) is 0.348. The first-order valence-electron chi connectivity index (χ1n) is 18.9. The van der Waals surface area contributed by atoms with Crippen molar-refractivity contribution in [3.05, 3.63) is 131 Å². The predicted octanol–water partition coefficient (Wildman–Crippen LogP) is 11.3. The predicted molar refractivity (Wildman–Crippen MR) is 208 cm³/mol. The molecule has 3 heterocycles. The Bertz CT molecular complexity index is 2490. The van der Waals surface area contributed by atoms with Crippen LogP contribution in [0.15, 0.2) is 90.1 Å². The van der Waals surface area contributed by atoms with Gasteiger partial charge in [0.2, 0.25) is 0 Å². The molecule has 8 rings (SSSR count). The van der Waals surface area contributed by atoms with Gasteiger partial charge < -0.3 is 14.0 Å². The van der Waals surface area contributed by atoms with Gasteiger partial charge in [-0.15, -0.1) is 29.1 Å². The smallest absolute Gasteiger partial charge is 0.511 e. The summed E-state index contributed by atoms with van der Waals surface area (Å²) < 4.78 is 33.7. The number of fused-ring (bicyclic) bond motifs is 6. The third kappa shape index (κ3) is 5.90. The SMILES string of the molecule is [2H]C1([2H])c2ccccc2[C@@]2(C)N=C(c3[c-]c(Oc4[c-]c5c(cc4)c4cc(C(C)(C)C)ccc4n5-c4cc(C(C)(C)C)ccn4)cc(C(C)C)c3)O[C@@]12C.[Pt+2]. The van der Waals surface area contributed by atoms with E-state index in [0.29, 0.717) is 28.5 Å². The summed E-state index contributed by atoms with van der Waals surface area (Å²) in [6.07, 6.45) is 0.134. The molecule has 0 N–H and O–H groups in total. The third-order valence-corrected chi connectivity index (χ3v) is 10.7.